The van der Waals surface area contributed by atoms with Crippen LogP contribution in [0.15, 0.2) is 18.3 Å². The van der Waals surface area contributed by atoms with Crippen LogP contribution in [0.25, 0.3) is 0 Å². The maximum atomic E-state index is 5.77. The van der Waals surface area contributed by atoms with Crippen LogP contribution in [-0.2, 0) is 13.1 Å². The number of hydrogen-bond donors (Lipinski definition) is 1. The molecule has 1 unspecified atom stereocenters. The zero-order valence-electron chi connectivity index (χ0n) is 11.4. The standard InChI is InChI=1S/C15H25N3/c1-2-14-8-4-3-5-10-18(14)12-13-7-6-9-17-15(13)11-16/h6-7,9,14H,2-5,8,10-12,16H2,1H3. The van der Waals surface area contributed by atoms with E-state index in [0.717, 1.165) is 18.3 Å². The molecule has 0 saturated carbocycles. The van der Waals surface area contributed by atoms with Gasteiger partial charge in [-0.2, -0.15) is 0 Å². The molecule has 1 fully saturated rings. The third-order valence-corrected chi connectivity index (χ3v) is 4.02. The van der Waals surface area contributed by atoms with Gasteiger partial charge >= 0.3 is 0 Å². The van der Waals surface area contributed by atoms with Crippen molar-refractivity contribution in [1.82, 2.24) is 9.88 Å². The predicted molar refractivity (Wildman–Crippen MR) is 75.1 cm³/mol. The Kier molecular flexibility index (Phi) is 5.14. The quantitative estimate of drug-likeness (QED) is 0.889. The molecule has 2 N–H and O–H groups in total. The molecule has 18 heavy (non-hydrogen) atoms. The van der Waals surface area contributed by atoms with E-state index in [1.54, 1.807) is 0 Å². The maximum absolute atomic E-state index is 5.77. The van der Waals surface area contributed by atoms with Crippen molar-refractivity contribution in [3.8, 4) is 0 Å². The average Bonchev–Trinajstić information content (AvgIpc) is 2.64. The van der Waals surface area contributed by atoms with Crippen LogP contribution in [0.4, 0.5) is 0 Å². The van der Waals surface area contributed by atoms with Crippen molar-refractivity contribution < 1.29 is 0 Å². The van der Waals surface area contributed by atoms with Crippen molar-refractivity contribution in [3.05, 3.63) is 29.6 Å². The van der Waals surface area contributed by atoms with Crippen LogP contribution in [0.2, 0.25) is 0 Å². The van der Waals surface area contributed by atoms with E-state index in [0.29, 0.717) is 6.54 Å². The highest BCUT2D eigenvalue weighted by atomic mass is 15.2. The molecule has 2 heterocycles. The largest absolute Gasteiger partial charge is 0.325 e. The fourth-order valence-electron chi connectivity index (χ4n) is 2.93. The molecule has 1 aliphatic rings. The van der Waals surface area contributed by atoms with Crippen molar-refractivity contribution in [3.63, 3.8) is 0 Å². The first-order valence-corrected chi connectivity index (χ1v) is 7.22. The van der Waals surface area contributed by atoms with E-state index in [2.05, 4.69) is 22.9 Å². The number of likely N-dealkylation sites (tertiary alicyclic amines) is 1. The fraction of sp³-hybridized carbons (Fsp3) is 0.667. The summed E-state index contributed by atoms with van der Waals surface area (Å²) in [6.07, 6.45) is 8.52. The van der Waals surface area contributed by atoms with Gasteiger partial charge in [0.25, 0.3) is 0 Å². The van der Waals surface area contributed by atoms with Gasteiger partial charge in [-0.1, -0.05) is 25.8 Å². The number of nitrogens with two attached hydrogens (primary N) is 1. The summed E-state index contributed by atoms with van der Waals surface area (Å²) in [6, 6.07) is 4.93. The summed E-state index contributed by atoms with van der Waals surface area (Å²) in [5.74, 6) is 0. The molecular formula is C15H25N3. The molecule has 0 amide bonds. The molecule has 3 nitrogen and oxygen atoms in total. The third kappa shape index (κ3) is 3.30. The van der Waals surface area contributed by atoms with Gasteiger partial charge in [-0.05, 0) is 37.4 Å². The molecule has 0 aromatic carbocycles. The summed E-state index contributed by atoms with van der Waals surface area (Å²) in [5, 5.41) is 0. The van der Waals surface area contributed by atoms with Gasteiger partial charge in [-0.25, -0.2) is 0 Å². The van der Waals surface area contributed by atoms with Crippen molar-refractivity contribution in [2.75, 3.05) is 6.54 Å². The summed E-state index contributed by atoms with van der Waals surface area (Å²) >= 11 is 0. The van der Waals surface area contributed by atoms with Crippen LogP contribution >= 0.6 is 0 Å². The first-order chi connectivity index (χ1) is 8.85. The molecule has 0 aliphatic carbocycles. The topological polar surface area (TPSA) is 42.2 Å². The SMILES string of the molecule is CCC1CCCCCN1Cc1cccnc1CN. The Morgan fingerprint density at radius 2 is 2.28 bits per heavy atom. The molecule has 0 radical (unpaired) electrons. The molecule has 1 aromatic rings. The van der Waals surface area contributed by atoms with Gasteiger partial charge in [0.15, 0.2) is 0 Å². The summed E-state index contributed by atoms with van der Waals surface area (Å²) in [6.45, 7) is 5.08. The molecule has 0 bridgehead atoms. The lowest BCUT2D eigenvalue weighted by Crippen LogP contribution is -2.34. The van der Waals surface area contributed by atoms with Gasteiger partial charge in [0.1, 0.15) is 0 Å². The highest BCUT2D eigenvalue weighted by Gasteiger charge is 2.20. The van der Waals surface area contributed by atoms with Crippen molar-refractivity contribution in [1.29, 1.82) is 0 Å². The van der Waals surface area contributed by atoms with E-state index in [9.17, 15) is 0 Å². The highest BCUT2D eigenvalue weighted by molar-refractivity contribution is 5.19. The minimum absolute atomic E-state index is 0.542. The second-order valence-corrected chi connectivity index (χ2v) is 5.20. The Morgan fingerprint density at radius 1 is 1.39 bits per heavy atom. The summed E-state index contributed by atoms with van der Waals surface area (Å²) in [4.78, 5) is 7.01. The normalized spacial score (nSPS) is 21.8. The monoisotopic (exact) mass is 247 g/mol. The zero-order chi connectivity index (χ0) is 12.8. The Morgan fingerprint density at radius 3 is 3.06 bits per heavy atom. The first kappa shape index (κ1) is 13.5. The number of hydrogen-bond acceptors (Lipinski definition) is 3. The number of nitrogens with zero attached hydrogens (tertiary/aromatic N) is 2. The van der Waals surface area contributed by atoms with Gasteiger partial charge in [0.2, 0.25) is 0 Å². The van der Waals surface area contributed by atoms with E-state index >= 15 is 0 Å². The molecule has 1 atom stereocenters. The molecule has 1 saturated heterocycles. The lowest BCUT2D eigenvalue weighted by atomic mass is 10.1. The van der Waals surface area contributed by atoms with Crippen molar-refractivity contribution >= 4 is 0 Å². The van der Waals surface area contributed by atoms with Crippen LogP contribution in [0.1, 0.15) is 50.3 Å². The Hall–Kier alpha value is -0.930. The smallest absolute Gasteiger partial charge is 0.0584 e. The van der Waals surface area contributed by atoms with Crippen molar-refractivity contribution in [2.24, 2.45) is 5.73 Å². The van der Waals surface area contributed by atoms with Crippen LogP contribution in [0, 0.1) is 0 Å². The third-order valence-electron chi connectivity index (χ3n) is 4.02. The van der Waals surface area contributed by atoms with Crippen LogP contribution in [0.5, 0.6) is 0 Å². The molecule has 1 aliphatic heterocycles. The zero-order valence-corrected chi connectivity index (χ0v) is 11.4. The van der Waals surface area contributed by atoms with Gasteiger partial charge in [-0.15, -0.1) is 0 Å². The summed E-state index contributed by atoms with van der Waals surface area (Å²) in [5.41, 5.74) is 8.13. The highest BCUT2D eigenvalue weighted by Crippen LogP contribution is 2.21. The molecule has 3 heteroatoms. The fourth-order valence-corrected chi connectivity index (χ4v) is 2.93. The average molecular weight is 247 g/mol. The minimum Gasteiger partial charge on any atom is -0.325 e. The number of aromatic nitrogens is 1. The van der Waals surface area contributed by atoms with E-state index < -0.39 is 0 Å². The maximum Gasteiger partial charge on any atom is 0.0584 e. The van der Waals surface area contributed by atoms with E-state index in [1.807, 2.05) is 12.3 Å². The summed E-state index contributed by atoms with van der Waals surface area (Å²) < 4.78 is 0. The van der Waals surface area contributed by atoms with Gasteiger partial charge < -0.3 is 5.73 Å². The molecule has 0 spiro atoms. The number of rotatable bonds is 4. The van der Waals surface area contributed by atoms with Gasteiger partial charge in [-0.3, -0.25) is 9.88 Å². The number of pyridine rings is 1. The molecule has 100 valence electrons. The predicted octanol–water partition coefficient (Wildman–Crippen LogP) is 2.69. The van der Waals surface area contributed by atoms with Crippen LogP contribution in [-0.4, -0.2) is 22.5 Å². The lowest BCUT2D eigenvalue weighted by Gasteiger charge is -2.29. The lowest BCUT2D eigenvalue weighted by molar-refractivity contribution is 0.185. The first-order valence-electron chi connectivity index (χ1n) is 7.22. The Balaban J connectivity index is 2.10. The van der Waals surface area contributed by atoms with Crippen LogP contribution < -0.4 is 5.73 Å². The second kappa shape index (κ2) is 6.86. The molecule has 2 rings (SSSR count). The van der Waals surface area contributed by atoms with Crippen LogP contribution in [0.3, 0.4) is 0 Å². The van der Waals surface area contributed by atoms with E-state index in [-0.39, 0.29) is 0 Å². The second-order valence-electron chi connectivity index (χ2n) is 5.20. The van der Waals surface area contributed by atoms with E-state index in [4.69, 9.17) is 5.73 Å². The van der Waals surface area contributed by atoms with E-state index in [1.165, 1.54) is 44.2 Å². The molecule has 1 aromatic heterocycles. The van der Waals surface area contributed by atoms with Gasteiger partial charge in [0, 0.05) is 25.3 Å². The Labute approximate surface area is 110 Å². The molecular weight excluding hydrogens is 222 g/mol. The van der Waals surface area contributed by atoms with Gasteiger partial charge in [0.05, 0.1) is 5.69 Å². The minimum atomic E-state index is 0.542. The Bertz CT molecular complexity index is 365. The van der Waals surface area contributed by atoms with Crippen molar-refractivity contribution in [2.45, 2.75) is 58.2 Å². The summed E-state index contributed by atoms with van der Waals surface area (Å²) in [7, 11) is 0.